The minimum absolute atomic E-state index is 0.0189. The summed E-state index contributed by atoms with van der Waals surface area (Å²) in [6.07, 6.45) is 3.60. The molecule has 1 rings (SSSR count). The standard InChI is InChI=1S/C20H29N3O2/c1-8-18-17(15(5)16(6)22-18)10-9-14(4)20(25)23(7)12-11-21-19(24)13(2)3/h8-9,13,22H,4,11-12H2,1-3,5-7H3,(H,21,24)/b18-8+. The van der Waals surface area contributed by atoms with E-state index in [-0.39, 0.29) is 17.7 Å². The molecular formula is C20H29N3O2. The topological polar surface area (TPSA) is 65.2 Å². The molecule has 5 nitrogen and oxygen atoms in total. The monoisotopic (exact) mass is 343 g/mol. The number of carbonyl (C=O) groups is 2. The summed E-state index contributed by atoms with van der Waals surface area (Å²) in [5, 5.41) is 4.72. The Hall–Kier alpha value is -2.52. The third-order valence-electron chi connectivity index (χ3n) is 4.10. The van der Waals surface area contributed by atoms with Crippen LogP contribution < -0.4 is 15.9 Å². The maximum absolute atomic E-state index is 12.3. The van der Waals surface area contributed by atoms with Crippen LogP contribution in [0.1, 0.15) is 32.0 Å². The zero-order chi connectivity index (χ0) is 19.1. The molecule has 5 heteroatoms. The molecule has 1 aromatic heterocycles. The third kappa shape index (κ3) is 5.50. The van der Waals surface area contributed by atoms with E-state index in [2.05, 4.69) is 22.6 Å². The summed E-state index contributed by atoms with van der Waals surface area (Å²) in [6, 6.07) is 0. The number of nitrogens with one attached hydrogen (secondary N) is 2. The van der Waals surface area contributed by atoms with Gasteiger partial charge < -0.3 is 15.2 Å². The molecule has 0 spiro atoms. The van der Waals surface area contributed by atoms with E-state index >= 15 is 0 Å². The first-order chi connectivity index (χ1) is 11.7. The van der Waals surface area contributed by atoms with Crippen molar-refractivity contribution in [2.45, 2.75) is 34.6 Å². The predicted octanol–water partition coefficient (Wildman–Crippen LogP) is 1.15. The molecule has 0 aliphatic rings. The molecule has 0 saturated carbocycles. The highest BCUT2D eigenvalue weighted by molar-refractivity contribution is 5.95. The molecule has 2 N–H and O–H groups in total. The molecule has 1 heterocycles. The molecule has 0 aromatic carbocycles. The number of likely N-dealkylation sites (N-methyl/N-ethyl adjacent to an activating group) is 1. The Kier molecular flexibility index (Phi) is 7.46. The molecule has 0 bridgehead atoms. The minimum atomic E-state index is -0.182. The zero-order valence-electron chi connectivity index (χ0n) is 16.1. The second-order valence-electron chi connectivity index (χ2n) is 6.44. The van der Waals surface area contributed by atoms with Gasteiger partial charge in [-0.2, -0.15) is 0 Å². The quantitative estimate of drug-likeness (QED) is 0.601. The van der Waals surface area contributed by atoms with Gasteiger partial charge in [0.05, 0.1) is 0 Å². The molecule has 0 saturated heterocycles. The SMILES string of the molecule is C=C(C=C=c1c(C)c(C)[nH]/c1=C/C)C(=O)N(C)CCNC(=O)C(C)C. The number of H-pyrrole nitrogens is 1. The van der Waals surface area contributed by atoms with Gasteiger partial charge in [-0.15, -0.1) is 5.73 Å². The Bertz CT molecular complexity index is 809. The van der Waals surface area contributed by atoms with E-state index in [0.29, 0.717) is 18.7 Å². The summed E-state index contributed by atoms with van der Waals surface area (Å²) >= 11 is 0. The van der Waals surface area contributed by atoms with E-state index in [1.807, 2.05) is 40.7 Å². The molecule has 0 aliphatic heterocycles. The Balaban J connectivity index is 2.82. The molecule has 25 heavy (non-hydrogen) atoms. The molecule has 0 aliphatic carbocycles. The largest absolute Gasteiger partial charge is 0.358 e. The first-order valence-corrected chi connectivity index (χ1v) is 8.49. The van der Waals surface area contributed by atoms with Crippen molar-refractivity contribution in [3.8, 4) is 0 Å². The second kappa shape index (κ2) is 9.09. The Labute approximate surface area is 149 Å². The van der Waals surface area contributed by atoms with Gasteiger partial charge >= 0.3 is 0 Å². The summed E-state index contributed by atoms with van der Waals surface area (Å²) < 4.78 is 0. The average Bonchev–Trinajstić information content (AvgIpc) is 2.85. The maximum atomic E-state index is 12.3. The highest BCUT2D eigenvalue weighted by Crippen LogP contribution is 1.99. The fraction of sp³-hybridized carbons (Fsp3) is 0.450. The summed E-state index contributed by atoms with van der Waals surface area (Å²) in [4.78, 5) is 28.7. The van der Waals surface area contributed by atoms with Gasteiger partial charge in [0.1, 0.15) is 0 Å². The molecule has 0 unspecified atom stereocenters. The molecule has 1 aromatic rings. The van der Waals surface area contributed by atoms with Gasteiger partial charge in [-0.1, -0.05) is 26.5 Å². The van der Waals surface area contributed by atoms with Crippen LogP contribution in [0.25, 0.3) is 11.8 Å². The summed E-state index contributed by atoms with van der Waals surface area (Å²) in [5.74, 6) is -0.265. The van der Waals surface area contributed by atoms with Gasteiger partial charge in [0.25, 0.3) is 5.91 Å². The molecule has 2 amide bonds. The molecule has 136 valence electrons. The van der Waals surface area contributed by atoms with Gasteiger partial charge in [-0.05, 0) is 32.4 Å². The van der Waals surface area contributed by atoms with E-state index in [1.165, 1.54) is 0 Å². The van der Waals surface area contributed by atoms with Crippen LogP contribution in [0.15, 0.2) is 18.2 Å². The van der Waals surface area contributed by atoms with E-state index in [4.69, 9.17) is 0 Å². The fourth-order valence-electron chi connectivity index (χ4n) is 2.27. The number of hydrogen-bond donors (Lipinski definition) is 2. The Morgan fingerprint density at radius 2 is 2.00 bits per heavy atom. The van der Waals surface area contributed by atoms with Gasteiger partial charge in [-0.3, -0.25) is 9.59 Å². The lowest BCUT2D eigenvalue weighted by Gasteiger charge is -2.17. The van der Waals surface area contributed by atoms with Crippen LogP contribution in [0.3, 0.4) is 0 Å². The number of hydrogen-bond acceptors (Lipinski definition) is 2. The number of nitrogens with zero attached hydrogens (tertiary/aromatic N) is 1. The summed E-state index contributed by atoms with van der Waals surface area (Å²) in [7, 11) is 1.69. The number of aryl methyl sites for hydroxylation is 1. The number of aromatic nitrogens is 1. The van der Waals surface area contributed by atoms with Crippen LogP contribution in [0.5, 0.6) is 0 Å². The van der Waals surface area contributed by atoms with Crippen molar-refractivity contribution in [1.29, 1.82) is 0 Å². The Morgan fingerprint density at radius 3 is 2.56 bits per heavy atom. The number of aromatic amines is 1. The van der Waals surface area contributed by atoms with E-state index in [0.717, 1.165) is 21.8 Å². The van der Waals surface area contributed by atoms with Gasteiger partial charge in [-0.25, -0.2) is 0 Å². The lowest BCUT2D eigenvalue weighted by molar-refractivity contribution is -0.127. The minimum Gasteiger partial charge on any atom is -0.358 e. The molecule has 0 radical (unpaired) electrons. The normalized spacial score (nSPS) is 11.2. The molecular weight excluding hydrogens is 314 g/mol. The second-order valence-corrected chi connectivity index (χ2v) is 6.44. The van der Waals surface area contributed by atoms with Gasteiger partial charge in [0, 0.05) is 47.9 Å². The van der Waals surface area contributed by atoms with Crippen molar-refractivity contribution in [1.82, 2.24) is 15.2 Å². The average molecular weight is 343 g/mol. The number of amides is 2. The smallest absolute Gasteiger partial charge is 0.253 e. The van der Waals surface area contributed by atoms with Crippen LogP contribution >= 0.6 is 0 Å². The van der Waals surface area contributed by atoms with Crippen LogP contribution in [-0.4, -0.2) is 41.8 Å². The first-order valence-electron chi connectivity index (χ1n) is 8.49. The zero-order valence-corrected chi connectivity index (χ0v) is 16.1. The maximum Gasteiger partial charge on any atom is 0.253 e. The van der Waals surface area contributed by atoms with Crippen molar-refractivity contribution in [2.75, 3.05) is 20.1 Å². The van der Waals surface area contributed by atoms with Gasteiger partial charge in [0.15, 0.2) is 0 Å². The molecule has 0 atom stereocenters. The Morgan fingerprint density at radius 1 is 1.36 bits per heavy atom. The van der Waals surface area contributed by atoms with Crippen LogP contribution in [-0.2, 0) is 9.59 Å². The highest BCUT2D eigenvalue weighted by Gasteiger charge is 2.11. The van der Waals surface area contributed by atoms with Crippen molar-refractivity contribution in [3.05, 3.63) is 40.1 Å². The summed E-state index contributed by atoms with van der Waals surface area (Å²) in [6.45, 7) is 14.3. The third-order valence-corrected chi connectivity index (χ3v) is 4.10. The molecule has 0 fully saturated rings. The predicted molar refractivity (Wildman–Crippen MR) is 102 cm³/mol. The lowest BCUT2D eigenvalue weighted by Crippen LogP contribution is -2.37. The van der Waals surface area contributed by atoms with Crippen molar-refractivity contribution < 1.29 is 9.59 Å². The van der Waals surface area contributed by atoms with Crippen molar-refractivity contribution in [2.24, 2.45) is 5.92 Å². The van der Waals surface area contributed by atoms with Crippen LogP contribution in [0.2, 0.25) is 0 Å². The van der Waals surface area contributed by atoms with Crippen molar-refractivity contribution >= 4 is 23.6 Å². The number of rotatable bonds is 6. The van der Waals surface area contributed by atoms with Gasteiger partial charge in [0.2, 0.25) is 5.91 Å². The first kappa shape index (κ1) is 20.5. The van der Waals surface area contributed by atoms with E-state index < -0.39 is 0 Å². The number of carbonyl (C=O) groups excluding carboxylic acids is 2. The summed E-state index contributed by atoms with van der Waals surface area (Å²) in [5.41, 5.74) is 5.72. The lowest BCUT2D eigenvalue weighted by atomic mass is 10.2. The van der Waals surface area contributed by atoms with Crippen LogP contribution in [0, 0.1) is 19.8 Å². The van der Waals surface area contributed by atoms with E-state index in [9.17, 15) is 9.59 Å². The van der Waals surface area contributed by atoms with E-state index in [1.54, 1.807) is 18.0 Å². The highest BCUT2D eigenvalue weighted by atomic mass is 16.2. The van der Waals surface area contributed by atoms with Crippen molar-refractivity contribution in [3.63, 3.8) is 0 Å². The van der Waals surface area contributed by atoms with Crippen LogP contribution in [0.4, 0.5) is 0 Å². The fourth-order valence-corrected chi connectivity index (χ4v) is 2.27.